The second-order valence-corrected chi connectivity index (χ2v) is 4.56. The molecular weight excluding hydrogens is 226 g/mol. The lowest BCUT2D eigenvalue weighted by molar-refractivity contribution is -0.893. The zero-order valence-electron chi connectivity index (χ0n) is 10.2. The van der Waals surface area contributed by atoms with Crippen LogP contribution in [-0.4, -0.2) is 71.5 Å². The van der Waals surface area contributed by atoms with E-state index in [-0.39, 0.29) is 5.48 Å². The highest BCUT2D eigenvalue weighted by molar-refractivity contribution is 5.40. The van der Waals surface area contributed by atoms with Gasteiger partial charge in [0.25, 0.3) is 0 Å². The lowest BCUT2D eigenvalue weighted by atomic mass is 10.5. The molecule has 0 unspecified atom stereocenters. The third-order valence-corrected chi connectivity index (χ3v) is 1.91. The number of nitrogens with zero attached hydrogens (tertiary/aromatic N) is 9. The first kappa shape index (κ1) is 13.1. The summed E-state index contributed by atoms with van der Waals surface area (Å²) in [4.78, 5) is 0. The summed E-state index contributed by atoms with van der Waals surface area (Å²) in [5.41, 5.74) is 0. The van der Waals surface area contributed by atoms with E-state index >= 15 is 0 Å². The largest absolute Gasteiger partial charge is 0.870 e. The Morgan fingerprint density at radius 3 is 2.12 bits per heavy atom. The van der Waals surface area contributed by atoms with Gasteiger partial charge in [0, 0.05) is 7.05 Å². The Hall–Kier alpha value is -1.94. The number of tetrazole rings is 2. The topological polar surface area (TPSA) is 117 Å². The third kappa shape index (κ3) is 2.79. The molecule has 0 fully saturated rings. The molecule has 2 aromatic rings. The average molecular weight is 241 g/mol. The molecule has 0 aromatic carbocycles. The minimum Gasteiger partial charge on any atom is -0.870 e. The highest BCUT2D eigenvalue weighted by Gasteiger charge is 2.19. The minimum atomic E-state index is 0. The molecule has 0 saturated heterocycles. The van der Waals surface area contributed by atoms with Crippen molar-refractivity contribution in [2.24, 2.45) is 7.05 Å². The van der Waals surface area contributed by atoms with Crippen LogP contribution in [0.4, 0.5) is 0 Å². The van der Waals surface area contributed by atoms with E-state index in [4.69, 9.17) is 0 Å². The second-order valence-electron chi connectivity index (χ2n) is 4.56. The smallest absolute Gasteiger partial charge is 0.226 e. The molecule has 1 N–H and O–H groups in total. The Kier molecular flexibility index (Phi) is 3.48. The van der Waals surface area contributed by atoms with Crippen molar-refractivity contribution in [2.75, 3.05) is 21.1 Å². The van der Waals surface area contributed by atoms with Gasteiger partial charge in [-0.3, -0.25) is 0 Å². The molecule has 0 spiro atoms. The summed E-state index contributed by atoms with van der Waals surface area (Å²) < 4.78 is 3.94. The van der Waals surface area contributed by atoms with Crippen molar-refractivity contribution in [1.82, 2.24) is 40.4 Å². The van der Waals surface area contributed by atoms with Crippen molar-refractivity contribution in [3.8, 4) is 11.6 Å². The summed E-state index contributed by atoms with van der Waals surface area (Å²) in [5, 5.41) is 22.7. The van der Waals surface area contributed by atoms with Crippen molar-refractivity contribution >= 4 is 0 Å². The third-order valence-electron chi connectivity index (χ3n) is 1.91. The van der Waals surface area contributed by atoms with Crippen LogP contribution in [0.1, 0.15) is 0 Å². The van der Waals surface area contributed by atoms with Crippen molar-refractivity contribution in [1.29, 1.82) is 0 Å². The Bertz CT molecular complexity index is 481. The van der Waals surface area contributed by atoms with Gasteiger partial charge in [-0.1, -0.05) is 0 Å². The van der Waals surface area contributed by atoms with E-state index < -0.39 is 0 Å². The molecule has 2 rings (SSSR count). The molecule has 17 heavy (non-hydrogen) atoms. The van der Waals surface area contributed by atoms with Crippen LogP contribution in [-0.2, 0) is 13.7 Å². The minimum absolute atomic E-state index is 0. The van der Waals surface area contributed by atoms with Crippen LogP contribution >= 0.6 is 0 Å². The summed E-state index contributed by atoms with van der Waals surface area (Å²) in [6.45, 7) is 0.648. The summed E-state index contributed by atoms with van der Waals surface area (Å²) in [7, 11) is 7.92. The van der Waals surface area contributed by atoms with E-state index in [2.05, 4.69) is 52.2 Å². The van der Waals surface area contributed by atoms with E-state index in [1.165, 1.54) is 4.68 Å². The first-order valence-corrected chi connectivity index (χ1v) is 4.77. The van der Waals surface area contributed by atoms with Crippen molar-refractivity contribution in [3.05, 3.63) is 0 Å². The fourth-order valence-electron chi connectivity index (χ4n) is 1.28. The van der Waals surface area contributed by atoms with Gasteiger partial charge in [0.05, 0.1) is 21.1 Å². The van der Waals surface area contributed by atoms with Gasteiger partial charge in [-0.25, -0.2) is 4.68 Å². The maximum absolute atomic E-state index is 3.93. The zero-order valence-corrected chi connectivity index (χ0v) is 10.2. The molecule has 0 atom stereocenters. The molecule has 10 heteroatoms. The van der Waals surface area contributed by atoms with Crippen LogP contribution in [0, 0.1) is 0 Å². The number of quaternary nitrogens is 1. The maximum Gasteiger partial charge on any atom is 0.226 e. The number of aromatic nitrogens is 8. The highest BCUT2D eigenvalue weighted by Crippen LogP contribution is 2.10. The quantitative estimate of drug-likeness (QED) is 0.591. The molecule has 0 amide bonds. The van der Waals surface area contributed by atoms with Crippen molar-refractivity contribution in [2.45, 2.75) is 6.67 Å². The number of aryl methyl sites for hydroxylation is 1. The van der Waals surface area contributed by atoms with Gasteiger partial charge < -0.3 is 9.96 Å². The normalized spacial score (nSPS) is 11.3. The van der Waals surface area contributed by atoms with E-state index in [0.29, 0.717) is 22.8 Å². The monoisotopic (exact) mass is 241 g/mol. The first-order valence-electron chi connectivity index (χ1n) is 4.77. The Morgan fingerprint density at radius 1 is 1.00 bits per heavy atom. The number of hydrogen-bond donors (Lipinski definition) is 0. The Balaban J connectivity index is 0.00000144. The van der Waals surface area contributed by atoms with Gasteiger partial charge in [-0.2, -0.15) is 4.68 Å². The molecule has 2 heterocycles. The summed E-state index contributed by atoms with van der Waals surface area (Å²) in [5.74, 6) is 1.12. The number of hydrogen-bond acceptors (Lipinski definition) is 7. The Morgan fingerprint density at radius 2 is 1.59 bits per heavy atom. The molecule has 10 nitrogen and oxygen atoms in total. The lowest BCUT2D eigenvalue weighted by Crippen LogP contribution is -2.37. The molecule has 2 aromatic heterocycles. The van der Waals surface area contributed by atoms with Gasteiger partial charge in [-0.05, 0) is 20.9 Å². The fraction of sp³-hybridized carbons (Fsp3) is 0.714. The van der Waals surface area contributed by atoms with Crippen LogP contribution in [0.25, 0.3) is 11.6 Å². The van der Waals surface area contributed by atoms with Crippen LogP contribution < -0.4 is 0 Å². The molecule has 0 bridgehead atoms. The molecule has 94 valence electrons. The molecule has 0 aliphatic rings. The van der Waals surface area contributed by atoms with E-state index in [0.717, 1.165) is 0 Å². The predicted molar refractivity (Wildman–Crippen MR) is 55.6 cm³/mol. The van der Waals surface area contributed by atoms with Gasteiger partial charge in [0.1, 0.15) is 0 Å². The fourth-order valence-corrected chi connectivity index (χ4v) is 1.28. The van der Waals surface area contributed by atoms with Crippen LogP contribution in [0.15, 0.2) is 0 Å². The molecule has 0 saturated carbocycles. The van der Waals surface area contributed by atoms with E-state index in [1.807, 2.05) is 0 Å². The van der Waals surface area contributed by atoms with E-state index in [9.17, 15) is 0 Å². The van der Waals surface area contributed by atoms with Crippen LogP contribution in [0.3, 0.4) is 0 Å². The van der Waals surface area contributed by atoms with Crippen LogP contribution in [0.2, 0.25) is 0 Å². The summed E-state index contributed by atoms with van der Waals surface area (Å²) >= 11 is 0. The summed E-state index contributed by atoms with van der Waals surface area (Å²) in [6.07, 6.45) is 0. The Labute approximate surface area is 97.7 Å². The molecule has 0 radical (unpaired) electrons. The highest BCUT2D eigenvalue weighted by atomic mass is 16.0. The van der Waals surface area contributed by atoms with E-state index in [1.54, 1.807) is 11.7 Å². The van der Waals surface area contributed by atoms with Gasteiger partial charge in [0.2, 0.25) is 11.6 Å². The van der Waals surface area contributed by atoms with Crippen LogP contribution in [0.5, 0.6) is 0 Å². The SMILES string of the molecule is Cn1nnnc1-c1nnnn1C[N+](C)(C)C.[OH-]. The van der Waals surface area contributed by atoms with Crippen molar-refractivity contribution < 1.29 is 9.96 Å². The van der Waals surface area contributed by atoms with Gasteiger partial charge in [0.15, 0.2) is 6.67 Å². The molecular formula is C7H15N9O. The standard InChI is InChI=1S/C7H14N9.H2O/c1-14-6(8-10-12-14)7-9-11-13-15(7)5-16(2,3)4;/h5H2,1-4H3;1H2/q+1;/p-1. The maximum atomic E-state index is 3.93. The van der Waals surface area contributed by atoms with Crippen molar-refractivity contribution in [3.63, 3.8) is 0 Å². The van der Waals surface area contributed by atoms with Gasteiger partial charge >= 0.3 is 0 Å². The molecule has 0 aliphatic heterocycles. The number of rotatable bonds is 3. The summed E-state index contributed by atoms with van der Waals surface area (Å²) in [6, 6.07) is 0. The molecule has 0 aliphatic carbocycles. The van der Waals surface area contributed by atoms with Gasteiger partial charge in [-0.15, -0.1) is 10.2 Å². The first-order chi connectivity index (χ1) is 7.47. The second kappa shape index (κ2) is 4.51. The zero-order chi connectivity index (χ0) is 11.8. The lowest BCUT2D eigenvalue weighted by Gasteiger charge is -2.23. The average Bonchev–Trinajstić information content (AvgIpc) is 2.71. The predicted octanol–water partition coefficient (Wildman–Crippen LogP) is -1.65.